The lowest BCUT2D eigenvalue weighted by molar-refractivity contribution is 0.148. The van der Waals surface area contributed by atoms with Gasteiger partial charge in [0.25, 0.3) is 0 Å². The van der Waals surface area contributed by atoms with Gasteiger partial charge in [-0.25, -0.2) is 0 Å². The molecule has 0 aliphatic heterocycles. The first-order chi connectivity index (χ1) is 6.16. The molecule has 0 aliphatic rings. The van der Waals surface area contributed by atoms with Crippen molar-refractivity contribution < 1.29 is 10.2 Å². The SMILES string of the molecule is CCCC(O)CCCCCC(C)O. The van der Waals surface area contributed by atoms with Gasteiger partial charge in [0, 0.05) is 0 Å². The highest BCUT2D eigenvalue weighted by Crippen LogP contribution is 2.10. The van der Waals surface area contributed by atoms with Crippen molar-refractivity contribution in [3.8, 4) is 0 Å². The number of hydrogen-bond donors (Lipinski definition) is 2. The molecular formula is C11H24O2. The average Bonchev–Trinajstić information content (AvgIpc) is 2.03. The zero-order valence-corrected chi connectivity index (χ0v) is 9.00. The lowest BCUT2D eigenvalue weighted by Crippen LogP contribution is -2.05. The molecular weight excluding hydrogens is 164 g/mol. The lowest BCUT2D eigenvalue weighted by Gasteiger charge is -2.08. The molecule has 13 heavy (non-hydrogen) atoms. The van der Waals surface area contributed by atoms with E-state index in [9.17, 15) is 5.11 Å². The molecule has 80 valence electrons. The molecule has 2 nitrogen and oxygen atoms in total. The van der Waals surface area contributed by atoms with Crippen LogP contribution in [0.5, 0.6) is 0 Å². The fraction of sp³-hybridized carbons (Fsp3) is 1.00. The Bertz CT molecular complexity index is 102. The van der Waals surface area contributed by atoms with Crippen molar-refractivity contribution in [3.05, 3.63) is 0 Å². The van der Waals surface area contributed by atoms with E-state index in [0.717, 1.165) is 44.9 Å². The summed E-state index contributed by atoms with van der Waals surface area (Å²) in [5.41, 5.74) is 0. The zero-order chi connectivity index (χ0) is 10.1. The zero-order valence-electron chi connectivity index (χ0n) is 9.00. The van der Waals surface area contributed by atoms with Crippen LogP contribution in [0, 0.1) is 0 Å². The molecule has 2 heteroatoms. The summed E-state index contributed by atoms with van der Waals surface area (Å²) in [6.07, 6.45) is 6.84. The van der Waals surface area contributed by atoms with Crippen LogP contribution in [0.25, 0.3) is 0 Å². The quantitative estimate of drug-likeness (QED) is 0.574. The molecule has 0 rings (SSSR count). The molecule has 0 aromatic carbocycles. The van der Waals surface area contributed by atoms with E-state index in [1.165, 1.54) is 0 Å². The van der Waals surface area contributed by atoms with Crippen LogP contribution in [0.3, 0.4) is 0 Å². The normalized spacial score (nSPS) is 15.7. The molecule has 0 amide bonds. The van der Waals surface area contributed by atoms with Crippen molar-refractivity contribution in [2.75, 3.05) is 0 Å². The van der Waals surface area contributed by atoms with Gasteiger partial charge in [0.2, 0.25) is 0 Å². The van der Waals surface area contributed by atoms with Crippen LogP contribution in [0.1, 0.15) is 58.8 Å². The van der Waals surface area contributed by atoms with Crippen molar-refractivity contribution in [1.29, 1.82) is 0 Å². The Labute approximate surface area is 82.0 Å². The maximum atomic E-state index is 9.41. The fourth-order valence-electron chi connectivity index (χ4n) is 1.47. The van der Waals surface area contributed by atoms with E-state index < -0.39 is 0 Å². The van der Waals surface area contributed by atoms with Crippen LogP contribution >= 0.6 is 0 Å². The molecule has 0 heterocycles. The van der Waals surface area contributed by atoms with Crippen molar-refractivity contribution in [2.24, 2.45) is 0 Å². The second-order valence-corrected chi connectivity index (χ2v) is 3.93. The highest BCUT2D eigenvalue weighted by Gasteiger charge is 2.02. The number of rotatable bonds is 8. The largest absolute Gasteiger partial charge is 0.393 e. The molecule has 0 aliphatic carbocycles. The molecule has 0 saturated carbocycles. The van der Waals surface area contributed by atoms with Gasteiger partial charge >= 0.3 is 0 Å². The maximum absolute atomic E-state index is 9.41. The third kappa shape index (κ3) is 9.84. The highest BCUT2D eigenvalue weighted by atomic mass is 16.3. The van der Waals surface area contributed by atoms with E-state index >= 15 is 0 Å². The van der Waals surface area contributed by atoms with Gasteiger partial charge in [-0.15, -0.1) is 0 Å². The molecule has 0 aromatic rings. The number of unbranched alkanes of at least 4 members (excludes halogenated alkanes) is 2. The van der Waals surface area contributed by atoms with Crippen LogP contribution < -0.4 is 0 Å². The minimum absolute atomic E-state index is 0.100. The van der Waals surface area contributed by atoms with Gasteiger partial charge < -0.3 is 10.2 Å². The molecule has 2 unspecified atom stereocenters. The van der Waals surface area contributed by atoms with Crippen LogP contribution in [0.2, 0.25) is 0 Å². The number of aliphatic hydroxyl groups is 2. The standard InChI is InChI=1S/C11H24O2/c1-3-7-11(13)9-6-4-5-8-10(2)12/h10-13H,3-9H2,1-2H3. The second-order valence-electron chi connectivity index (χ2n) is 3.93. The molecule has 0 radical (unpaired) electrons. The minimum atomic E-state index is -0.166. The highest BCUT2D eigenvalue weighted by molar-refractivity contribution is 4.55. The predicted molar refractivity (Wildman–Crippen MR) is 55.7 cm³/mol. The molecule has 0 aromatic heterocycles. The van der Waals surface area contributed by atoms with Gasteiger partial charge in [-0.2, -0.15) is 0 Å². The van der Waals surface area contributed by atoms with Crippen molar-refractivity contribution in [2.45, 2.75) is 71.0 Å². The number of hydrogen-bond acceptors (Lipinski definition) is 2. The summed E-state index contributed by atoms with van der Waals surface area (Å²) >= 11 is 0. The lowest BCUT2D eigenvalue weighted by atomic mass is 10.0. The van der Waals surface area contributed by atoms with E-state index in [1.54, 1.807) is 0 Å². The van der Waals surface area contributed by atoms with Crippen molar-refractivity contribution in [3.63, 3.8) is 0 Å². The van der Waals surface area contributed by atoms with Crippen molar-refractivity contribution >= 4 is 0 Å². The van der Waals surface area contributed by atoms with Gasteiger partial charge in [-0.3, -0.25) is 0 Å². The summed E-state index contributed by atoms with van der Waals surface area (Å²) in [6.45, 7) is 3.92. The first kappa shape index (κ1) is 12.9. The van der Waals surface area contributed by atoms with Crippen LogP contribution in [-0.4, -0.2) is 22.4 Å². The van der Waals surface area contributed by atoms with Crippen LogP contribution in [0.15, 0.2) is 0 Å². The summed E-state index contributed by atoms with van der Waals surface area (Å²) in [5, 5.41) is 18.4. The summed E-state index contributed by atoms with van der Waals surface area (Å²) < 4.78 is 0. The summed E-state index contributed by atoms with van der Waals surface area (Å²) in [7, 11) is 0. The predicted octanol–water partition coefficient (Wildman–Crippen LogP) is 2.48. The van der Waals surface area contributed by atoms with Gasteiger partial charge in [-0.1, -0.05) is 32.6 Å². The van der Waals surface area contributed by atoms with Gasteiger partial charge in [0.15, 0.2) is 0 Å². The molecule has 2 atom stereocenters. The average molecular weight is 188 g/mol. The summed E-state index contributed by atoms with van der Waals surface area (Å²) in [5.74, 6) is 0. The Morgan fingerprint density at radius 2 is 1.54 bits per heavy atom. The van der Waals surface area contributed by atoms with E-state index in [0.29, 0.717) is 0 Å². The first-order valence-electron chi connectivity index (χ1n) is 5.53. The Hall–Kier alpha value is -0.0800. The molecule has 2 N–H and O–H groups in total. The van der Waals surface area contributed by atoms with E-state index in [1.807, 2.05) is 6.92 Å². The summed E-state index contributed by atoms with van der Waals surface area (Å²) in [4.78, 5) is 0. The molecule has 0 bridgehead atoms. The monoisotopic (exact) mass is 188 g/mol. The van der Waals surface area contributed by atoms with Crippen molar-refractivity contribution in [1.82, 2.24) is 0 Å². The van der Waals surface area contributed by atoms with E-state index in [2.05, 4.69) is 6.92 Å². The smallest absolute Gasteiger partial charge is 0.0540 e. The molecule has 0 saturated heterocycles. The van der Waals surface area contributed by atoms with Gasteiger partial charge in [0.05, 0.1) is 12.2 Å². The third-order valence-electron chi connectivity index (χ3n) is 2.28. The Morgan fingerprint density at radius 3 is 2.08 bits per heavy atom. The van der Waals surface area contributed by atoms with Gasteiger partial charge in [-0.05, 0) is 26.2 Å². The second kappa shape index (κ2) is 8.52. The topological polar surface area (TPSA) is 40.5 Å². The Kier molecular flexibility index (Phi) is 8.46. The first-order valence-corrected chi connectivity index (χ1v) is 5.53. The van der Waals surface area contributed by atoms with Gasteiger partial charge in [0.1, 0.15) is 0 Å². The third-order valence-corrected chi connectivity index (χ3v) is 2.28. The summed E-state index contributed by atoms with van der Waals surface area (Å²) in [6, 6.07) is 0. The fourth-order valence-corrected chi connectivity index (χ4v) is 1.47. The van der Waals surface area contributed by atoms with Crippen LogP contribution in [0.4, 0.5) is 0 Å². The maximum Gasteiger partial charge on any atom is 0.0540 e. The minimum Gasteiger partial charge on any atom is -0.393 e. The molecule has 0 fully saturated rings. The van der Waals surface area contributed by atoms with E-state index in [-0.39, 0.29) is 12.2 Å². The molecule has 0 spiro atoms. The van der Waals surface area contributed by atoms with E-state index in [4.69, 9.17) is 5.11 Å². The Balaban J connectivity index is 3.06. The number of aliphatic hydroxyl groups excluding tert-OH is 2. The Morgan fingerprint density at radius 1 is 0.923 bits per heavy atom. The van der Waals surface area contributed by atoms with Crippen LogP contribution in [-0.2, 0) is 0 Å².